The maximum absolute atomic E-state index is 11.2. The maximum Gasteiger partial charge on any atom is 0.303 e. The first-order chi connectivity index (χ1) is 7.20. The molecule has 0 radical (unpaired) electrons. The summed E-state index contributed by atoms with van der Waals surface area (Å²) in [7, 11) is 0. The molecular formula is C10H14N2O3. The molecule has 1 aromatic heterocycles. The highest BCUT2D eigenvalue weighted by molar-refractivity contribution is 5.66. The maximum atomic E-state index is 11.2. The van der Waals surface area contributed by atoms with Crippen LogP contribution in [0.4, 0.5) is 0 Å². The Morgan fingerprint density at radius 2 is 2.20 bits per heavy atom. The smallest absolute Gasteiger partial charge is 0.303 e. The van der Waals surface area contributed by atoms with Crippen LogP contribution in [0.3, 0.4) is 0 Å². The van der Waals surface area contributed by atoms with Crippen molar-refractivity contribution in [2.45, 2.75) is 32.2 Å². The summed E-state index contributed by atoms with van der Waals surface area (Å²) in [5.74, 6) is -0.773. The topological polar surface area (TPSA) is 72.2 Å². The molecule has 0 bridgehead atoms. The molecule has 5 heteroatoms. The largest absolute Gasteiger partial charge is 0.481 e. The van der Waals surface area contributed by atoms with E-state index in [0.29, 0.717) is 13.0 Å². The van der Waals surface area contributed by atoms with Gasteiger partial charge < -0.3 is 5.11 Å². The quantitative estimate of drug-likeness (QED) is 0.708. The average molecular weight is 210 g/mol. The van der Waals surface area contributed by atoms with Gasteiger partial charge in [0.05, 0.1) is 0 Å². The van der Waals surface area contributed by atoms with E-state index in [1.54, 1.807) is 12.3 Å². The lowest BCUT2D eigenvalue weighted by Crippen LogP contribution is -2.21. The van der Waals surface area contributed by atoms with Gasteiger partial charge in [0.25, 0.3) is 5.56 Å². The summed E-state index contributed by atoms with van der Waals surface area (Å²) in [6.07, 6.45) is 3.99. The summed E-state index contributed by atoms with van der Waals surface area (Å²) in [5, 5.41) is 12.3. The molecule has 0 spiro atoms. The van der Waals surface area contributed by atoms with Gasteiger partial charge in [0, 0.05) is 25.2 Å². The highest BCUT2D eigenvalue weighted by Crippen LogP contribution is 2.00. The second kappa shape index (κ2) is 5.95. The molecule has 0 saturated heterocycles. The fraction of sp³-hybridized carbons (Fsp3) is 0.500. The second-order valence-electron chi connectivity index (χ2n) is 3.29. The summed E-state index contributed by atoms with van der Waals surface area (Å²) >= 11 is 0. The average Bonchev–Trinajstić information content (AvgIpc) is 2.20. The van der Waals surface area contributed by atoms with Crippen molar-refractivity contribution in [2.24, 2.45) is 0 Å². The SMILES string of the molecule is O=C(O)CCCCCn1ncccc1=O. The van der Waals surface area contributed by atoms with E-state index < -0.39 is 5.97 Å². The molecule has 0 aliphatic rings. The minimum atomic E-state index is -0.773. The van der Waals surface area contributed by atoms with Crippen LogP contribution in [0, 0.1) is 0 Å². The van der Waals surface area contributed by atoms with E-state index in [9.17, 15) is 9.59 Å². The third-order valence-corrected chi connectivity index (χ3v) is 2.05. The Morgan fingerprint density at radius 1 is 1.40 bits per heavy atom. The van der Waals surface area contributed by atoms with Crippen LogP contribution in [0.15, 0.2) is 23.1 Å². The molecule has 0 aliphatic heterocycles. The number of hydrogen-bond donors (Lipinski definition) is 1. The number of carbonyl (C=O) groups is 1. The molecule has 1 heterocycles. The van der Waals surface area contributed by atoms with Gasteiger partial charge in [-0.3, -0.25) is 9.59 Å². The van der Waals surface area contributed by atoms with E-state index in [4.69, 9.17) is 5.11 Å². The highest BCUT2D eigenvalue weighted by atomic mass is 16.4. The van der Waals surface area contributed by atoms with Crippen molar-refractivity contribution in [3.63, 3.8) is 0 Å². The second-order valence-corrected chi connectivity index (χ2v) is 3.29. The lowest BCUT2D eigenvalue weighted by atomic mass is 10.2. The number of nitrogens with zero attached hydrogens (tertiary/aromatic N) is 2. The Kier molecular flexibility index (Phi) is 4.53. The molecule has 1 rings (SSSR count). The predicted molar refractivity (Wildman–Crippen MR) is 54.6 cm³/mol. The molecule has 0 atom stereocenters. The van der Waals surface area contributed by atoms with Gasteiger partial charge in [-0.1, -0.05) is 6.42 Å². The molecule has 0 aromatic carbocycles. The monoisotopic (exact) mass is 210 g/mol. The fourth-order valence-electron chi connectivity index (χ4n) is 1.27. The number of carboxylic acids is 1. The van der Waals surface area contributed by atoms with Gasteiger partial charge >= 0.3 is 5.97 Å². The third-order valence-electron chi connectivity index (χ3n) is 2.05. The van der Waals surface area contributed by atoms with Crippen molar-refractivity contribution in [1.29, 1.82) is 0 Å². The van der Waals surface area contributed by atoms with E-state index in [2.05, 4.69) is 5.10 Å². The number of hydrogen-bond acceptors (Lipinski definition) is 3. The number of rotatable bonds is 6. The van der Waals surface area contributed by atoms with Crippen molar-refractivity contribution in [1.82, 2.24) is 9.78 Å². The van der Waals surface area contributed by atoms with Crippen molar-refractivity contribution < 1.29 is 9.90 Å². The van der Waals surface area contributed by atoms with E-state index in [1.165, 1.54) is 10.7 Å². The summed E-state index contributed by atoms with van der Waals surface area (Å²) in [4.78, 5) is 21.4. The van der Waals surface area contributed by atoms with Crippen molar-refractivity contribution in [2.75, 3.05) is 0 Å². The zero-order chi connectivity index (χ0) is 11.1. The summed E-state index contributed by atoms with van der Waals surface area (Å²) in [5.41, 5.74) is -0.115. The molecule has 1 N–H and O–H groups in total. The van der Waals surface area contributed by atoms with Crippen LogP contribution >= 0.6 is 0 Å². The van der Waals surface area contributed by atoms with Gasteiger partial charge in [0.2, 0.25) is 0 Å². The Hall–Kier alpha value is -1.65. The molecule has 82 valence electrons. The third kappa shape index (κ3) is 4.39. The van der Waals surface area contributed by atoms with Gasteiger partial charge in [-0.2, -0.15) is 5.10 Å². The minimum Gasteiger partial charge on any atom is -0.481 e. The summed E-state index contributed by atoms with van der Waals surface area (Å²) in [6, 6.07) is 3.06. The van der Waals surface area contributed by atoms with Crippen molar-refractivity contribution in [3.8, 4) is 0 Å². The first-order valence-corrected chi connectivity index (χ1v) is 4.94. The Morgan fingerprint density at radius 3 is 2.87 bits per heavy atom. The number of carboxylic acid groups (broad SMARTS) is 1. The van der Waals surface area contributed by atoms with Crippen LogP contribution in [0.1, 0.15) is 25.7 Å². The molecular weight excluding hydrogens is 196 g/mol. The van der Waals surface area contributed by atoms with Crippen LogP contribution in [0.5, 0.6) is 0 Å². The minimum absolute atomic E-state index is 0.115. The van der Waals surface area contributed by atoms with Gasteiger partial charge in [-0.15, -0.1) is 0 Å². The standard InChI is InChI=1S/C10H14N2O3/c13-9-5-4-7-11-12(9)8-3-1-2-6-10(14)15/h4-5,7H,1-3,6,8H2,(H,14,15). The van der Waals surface area contributed by atoms with E-state index in [1.807, 2.05) is 0 Å². The normalized spacial score (nSPS) is 10.1. The number of aryl methyl sites for hydroxylation is 1. The highest BCUT2D eigenvalue weighted by Gasteiger charge is 1.98. The first-order valence-electron chi connectivity index (χ1n) is 4.94. The molecule has 15 heavy (non-hydrogen) atoms. The zero-order valence-corrected chi connectivity index (χ0v) is 8.43. The molecule has 0 fully saturated rings. The van der Waals surface area contributed by atoms with Gasteiger partial charge in [0.15, 0.2) is 0 Å². The molecule has 0 amide bonds. The van der Waals surface area contributed by atoms with Crippen LogP contribution in [0.25, 0.3) is 0 Å². The van der Waals surface area contributed by atoms with Crippen LogP contribution in [0.2, 0.25) is 0 Å². The van der Waals surface area contributed by atoms with Gasteiger partial charge in [-0.05, 0) is 18.9 Å². The Bertz CT molecular complexity index is 373. The van der Waals surface area contributed by atoms with Crippen LogP contribution in [-0.2, 0) is 11.3 Å². The molecule has 0 unspecified atom stereocenters. The Balaban J connectivity index is 2.24. The number of aliphatic carboxylic acids is 1. The van der Waals surface area contributed by atoms with Gasteiger partial charge in [0.1, 0.15) is 0 Å². The van der Waals surface area contributed by atoms with E-state index in [0.717, 1.165) is 12.8 Å². The van der Waals surface area contributed by atoms with E-state index >= 15 is 0 Å². The van der Waals surface area contributed by atoms with Crippen molar-refractivity contribution in [3.05, 3.63) is 28.7 Å². The molecule has 0 saturated carbocycles. The van der Waals surface area contributed by atoms with Crippen molar-refractivity contribution >= 4 is 5.97 Å². The lowest BCUT2D eigenvalue weighted by Gasteiger charge is -2.02. The van der Waals surface area contributed by atoms with E-state index in [-0.39, 0.29) is 12.0 Å². The fourth-order valence-corrected chi connectivity index (χ4v) is 1.27. The molecule has 1 aromatic rings. The van der Waals surface area contributed by atoms with Gasteiger partial charge in [-0.25, -0.2) is 4.68 Å². The predicted octanol–water partition coefficient (Wildman–Crippen LogP) is 0.888. The van der Waals surface area contributed by atoms with Crippen LogP contribution < -0.4 is 5.56 Å². The zero-order valence-electron chi connectivity index (χ0n) is 8.43. The lowest BCUT2D eigenvalue weighted by molar-refractivity contribution is -0.137. The Labute approximate surface area is 87.4 Å². The molecule has 0 aliphatic carbocycles. The summed E-state index contributed by atoms with van der Waals surface area (Å²) < 4.78 is 1.39. The summed E-state index contributed by atoms with van der Waals surface area (Å²) in [6.45, 7) is 0.555. The number of unbranched alkanes of at least 4 members (excludes halogenated alkanes) is 2. The molecule has 5 nitrogen and oxygen atoms in total. The number of aromatic nitrogens is 2. The van der Waals surface area contributed by atoms with Crippen LogP contribution in [-0.4, -0.2) is 20.9 Å². The first kappa shape index (κ1) is 11.4.